The summed E-state index contributed by atoms with van der Waals surface area (Å²) in [6.07, 6.45) is 2.19. The van der Waals surface area contributed by atoms with Crippen LogP contribution in [0, 0.1) is 6.92 Å². The van der Waals surface area contributed by atoms with Gasteiger partial charge in [-0.25, -0.2) is 9.48 Å². The molecule has 9 heteroatoms. The minimum absolute atomic E-state index is 0.401. The lowest BCUT2D eigenvalue weighted by atomic mass is 9.95. The number of hydrogen-bond donors (Lipinski definition) is 1. The number of carbonyl (C=O) groups excluding carboxylic acids is 1. The van der Waals surface area contributed by atoms with Gasteiger partial charge < -0.3 is 14.8 Å². The van der Waals surface area contributed by atoms with Gasteiger partial charge in [-0.15, -0.1) is 5.10 Å². The minimum atomic E-state index is -0.558. The van der Waals surface area contributed by atoms with E-state index in [4.69, 9.17) is 14.6 Å². The topological polar surface area (TPSA) is 78.3 Å². The van der Waals surface area contributed by atoms with Gasteiger partial charge in [0.15, 0.2) is 0 Å². The van der Waals surface area contributed by atoms with Crippen molar-refractivity contribution < 1.29 is 14.3 Å². The fourth-order valence-corrected chi connectivity index (χ4v) is 5.16. The zero-order valence-electron chi connectivity index (χ0n) is 20.3. The van der Waals surface area contributed by atoms with E-state index in [0.717, 1.165) is 34.2 Å². The number of fused-ring (bicyclic) bond motifs is 1. The predicted molar refractivity (Wildman–Crippen MR) is 142 cm³/mol. The van der Waals surface area contributed by atoms with E-state index in [9.17, 15) is 4.79 Å². The van der Waals surface area contributed by atoms with E-state index in [2.05, 4.69) is 64.3 Å². The average molecular weight is 558 g/mol. The van der Waals surface area contributed by atoms with E-state index in [1.165, 1.54) is 12.7 Å². The Kier molecular flexibility index (Phi) is 8.18. The summed E-state index contributed by atoms with van der Waals surface area (Å²) in [4.78, 5) is 17.6. The largest absolute Gasteiger partial charge is 0.489 e. The summed E-state index contributed by atoms with van der Waals surface area (Å²) in [5.41, 5.74) is 4.20. The van der Waals surface area contributed by atoms with Crippen LogP contribution in [0.25, 0.3) is 0 Å². The first-order valence-electron chi connectivity index (χ1n) is 11.5. The SMILES string of the molecule is CCCCSc1nc2n(n1)C(c1cc(Br)ccc1OCc1ccc(C)cc1)C(C(=O)OC)=C(C)N2. The number of aryl methyl sites for hydroxylation is 1. The number of benzene rings is 2. The van der Waals surface area contributed by atoms with Crippen molar-refractivity contribution in [3.8, 4) is 5.75 Å². The van der Waals surface area contributed by atoms with Crippen molar-refractivity contribution in [2.75, 3.05) is 18.2 Å². The van der Waals surface area contributed by atoms with Gasteiger partial charge in [0.25, 0.3) is 0 Å². The number of nitrogens with one attached hydrogen (secondary N) is 1. The molecule has 2 aromatic carbocycles. The summed E-state index contributed by atoms with van der Waals surface area (Å²) in [5.74, 6) is 1.76. The number of thioether (sulfide) groups is 1. The molecule has 4 rings (SSSR count). The van der Waals surface area contributed by atoms with Crippen molar-refractivity contribution >= 4 is 39.6 Å². The second-order valence-electron chi connectivity index (χ2n) is 8.38. The Morgan fingerprint density at radius 3 is 2.69 bits per heavy atom. The maximum absolute atomic E-state index is 13.0. The van der Waals surface area contributed by atoms with E-state index >= 15 is 0 Å². The number of rotatable bonds is 9. The highest BCUT2D eigenvalue weighted by molar-refractivity contribution is 9.10. The molecule has 3 aromatic rings. The lowest BCUT2D eigenvalue weighted by Crippen LogP contribution is -2.29. The normalized spacial score (nSPS) is 14.9. The number of methoxy groups -OCH3 is 1. The number of carbonyl (C=O) groups is 1. The summed E-state index contributed by atoms with van der Waals surface area (Å²) in [5, 5.41) is 8.68. The molecule has 0 radical (unpaired) electrons. The Morgan fingerprint density at radius 2 is 1.97 bits per heavy atom. The molecular formula is C26H29BrN4O3S. The number of allylic oxidation sites excluding steroid dienone is 1. The van der Waals surface area contributed by atoms with E-state index < -0.39 is 12.0 Å². The highest BCUT2D eigenvalue weighted by Crippen LogP contribution is 2.41. The lowest BCUT2D eigenvalue weighted by molar-refractivity contribution is -0.136. The Bertz CT molecular complexity index is 1240. The number of hydrogen-bond acceptors (Lipinski definition) is 7. The summed E-state index contributed by atoms with van der Waals surface area (Å²) in [6.45, 7) is 6.47. The molecule has 1 aromatic heterocycles. The Morgan fingerprint density at radius 1 is 1.20 bits per heavy atom. The van der Waals surface area contributed by atoms with Crippen LogP contribution < -0.4 is 10.1 Å². The summed E-state index contributed by atoms with van der Waals surface area (Å²) in [7, 11) is 1.39. The van der Waals surface area contributed by atoms with Crippen molar-refractivity contribution in [1.29, 1.82) is 0 Å². The van der Waals surface area contributed by atoms with Crippen molar-refractivity contribution in [3.63, 3.8) is 0 Å². The van der Waals surface area contributed by atoms with Gasteiger partial charge in [0.1, 0.15) is 18.4 Å². The highest BCUT2D eigenvalue weighted by atomic mass is 79.9. The lowest BCUT2D eigenvalue weighted by Gasteiger charge is -2.29. The zero-order chi connectivity index (χ0) is 24.9. The van der Waals surface area contributed by atoms with E-state index in [-0.39, 0.29) is 0 Å². The first kappa shape index (κ1) is 25.3. The molecule has 1 aliphatic heterocycles. The molecule has 0 fully saturated rings. The Hall–Kier alpha value is -2.78. The van der Waals surface area contributed by atoms with Crippen LogP contribution in [0.15, 0.2) is 63.4 Å². The zero-order valence-corrected chi connectivity index (χ0v) is 22.7. The van der Waals surface area contributed by atoms with Crippen LogP contribution in [0.3, 0.4) is 0 Å². The van der Waals surface area contributed by atoms with Crippen molar-refractivity contribution in [2.24, 2.45) is 0 Å². The van der Waals surface area contributed by atoms with Crippen molar-refractivity contribution in [1.82, 2.24) is 14.8 Å². The summed E-state index contributed by atoms with van der Waals surface area (Å²) < 4.78 is 14.1. The third-order valence-corrected chi connectivity index (χ3v) is 7.17. The third-order valence-electron chi connectivity index (χ3n) is 5.75. The van der Waals surface area contributed by atoms with Crippen LogP contribution in [-0.2, 0) is 16.1 Å². The van der Waals surface area contributed by atoms with Crippen LogP contribution in [0.2, 0.25) is 0 Å². The number of anilines is 1. The molecule has 1 aliphatic rings. The number of esters is 1. The quantitative estimate of drug-likeness (QED) is 0.188. The van der Waals surface area contributed by atoms with Crippen molar-refractivity contribution in [2.45, 2.75) is 51.4 Å². The Balaban J connectivity index is 1.76. The van der Waals surface area contributed by atoms with Crippen LogP contribution in [-0.4, -0.2) is 33.6 Å². The van der Waals surface area contributed by atoms with Crippen LogP contribution in [0.4, 0.5) is 5.95 Å². The predicted octanol–water partition coefficient (Wildman–Crippen LogP) is 6.28. The molecule has 0 bridgehead atoms. The molecule has 0 saturated carbocycles. The molecular weight excluding hydrogens is 528 g/mol. The fourth-order valence-electron chi connectivity index (χ4n) is 3.87. The van der Waals surface area contributed by atoms with Gasteiger partial charge in [0, 0.05) is 21.5 Å². The smallest absolute Gasteiger partial charge is 0.338 e. The maximum atomic E-state index is 13.0. The molecule has 1 atom stereocenters. The summed E-state index contributed by atoms with van der Waals surface area (Å²) >= 11 is 5.20. The first-order valence-corrected chi connectivity index (χ1v) is 13.3. The number of unbranched alkanes of at least 4 members (excludes halogenated alkanes) is 1. The number of ether oxygens (including phenoxy) is 2. The van der Waals surface area contributed by atoms with Gasteiger partial charge in [-0.05, 0) is 44.0 Å². The van der Waals surface area contributed by atoms with Crippen LogP contribution in [0.5, 0.6) is 5.75 Å². The average Bonchev–Trinajstić information content (AvgIpc) is 3.25. The van der Waals surface area contributed by atoms with Gasteiger partial charge >= 0.3 is 5.97 Å². The second kappa shape index (κ2) is 11.3. The van der Waals surface area contributed by atoms with E-state index in [0.29, 0.717) is 34.7 Å². The van der Waals surface area contributed by atoms with Gasteiger partial charge in [-0.1, -0.05) is 70.9 Å². The highest BCUT2D eigenvalue weighted by Gasteiger charge is 2.36. The van der Waals surface area contributed by atoms with Gasteiger partial charge in [-0.2, -0.15) is 4.98 Å². The molecule has 1 unspecified atom stereocenters. The third kappa shape index (κ3) is 5.73. The molecule has 7 nitrogen and oxygen atoms in total. The Labute approximate surface area is 218 Å². The monoisotopic (exact) mass is 556 g/mol. The molecule has 35 heavy (non-hydrogen) atoms. The van der Waals surface area contributed by atoms with E-state index in [1.807, 2.05) is 25.1 Å². The number of nitrogens with zero attached hydrogens (tertiary/aromatic N) is 3. The second-order valence-corrected chi connectivity index (χ2v) is 10.4. The molecule has 1 N–H and O–H groups in total. The molecule has 0 spiro atoms. The minimum Gasteiger partial charge on any atom is -0.489 e. The molecule has 2 heterocycles. The molecule has 0 aliphatic carbocycles. The maximum Gasteiger partial charge on any atom is 0.338 e. The number of halogens is 1. The van der Waals surface area contributed by atoms with Gasteiger partial charge in [0.2, 0.25) is 11.1 Å². The molecule has 184 valence electrons. The van der Waals surface area contributed by atoms with Gasteiger partial charge in [0.05, 0.1) is 12.7 Å². The molecule has 0 amide bonds. The standard InChI is InChI=1S/C26H29BrN4O3S/c1-5-6-13-35-26-29-25-28-17(3)22(24(32)33-4)23(31(25)30-26)20-14-19(27)11-12-21(20)34-15-18-9-7-16(2)8-10-18/h7-12,14,23H,5-6,13,15H2,1-4H3,(H,28,29,30). The first-order chi connectivity index (χ1) is 16.9. The van der Waals surface area contributed by atoms with E-state index in [1.54, 1.807) is 16.4 Å². The molecule has 0 saturated heterocycles. The summed E-state index contributed by atoms with van der Waals surface area (Å²) in [6, 6.07) is 13.5. The number of aromatic nitrogens is 3. The van der Waals surface area contributed by atoms with Gasteiger partial charge in [-0.3, -0.25) is 0 Å². The van der Waals surface area contributed by atoms with Crippen LogP contribution >= 0.6 is 27.7 Å². The van der Waals surface area contributed by atoms with Crippen LogP contribution in [0.1, 0.15) is 49.4 Å². The fraction of sp³-hybridized carbons (Fsp3) is 0.346. The van der Waals surface area contributed by atoms with Crippen molar-refractivity contribution in [3.05, 3.63) is 74.9 Å².